The SMILES string of the molecule is COc1ccc(C(=O)NCC(Br)c2ccccc2)c(O)c1. The molecule has 2 aromatic carbocycles. The average molecular weight is 350 g/mol. The van der Waals surface area contributed by atoms with Crippen molar-refractivity contribution in [2.75, 3.05) is 13.7 Å². The van der Waals surface area contributed by atoms with E-state index in [2.05, 4.69) is 21.2 Å². The lowest BCUT2D eigenvalue weighted by Gasteiger charge is -2.12. The van der Waals surface area contributed by atoms with Crippen molar-refractivity contribution in [3.63, 3.8) is 0 Å². The molecule has 0 bridgehead atoms. The van der Waals surface area contributed by atoms with Gasteiger partial charge in [-0.1, -0.05) is 46.3 Å². The summed E-state index contributed by atoms with van der Waals surface area (Å²) in [5, 5.41) is 12.6. The smallest absolute Gasteiger partial charge is 0.255 e. The summed E-state index contributed by atoms with van der Waals surface area (Å²) >= 11 is 3.53. The Morgan fingerprint density at radius 3 is 2.62 bits per heavy atom. The largest absolute Gasteiger partial charge is 0.507 e. The molecule has 1 unspecified atom stereocenters. The summed E-state index contributed by atoms with van der Waals surface area (Å²) < 4.78 is 4.99. The van der Waals surface area contributed by atoms with E-state index in [4.69, 9.17) is 4.74 Å². The first-order valence-electron chi connectivity index (χ1n) is 6.46. The number of phenols is 1. The molecule has 0 spiro atoms. The second-order valence-corrected chi connectivity index (χ2v) is 5.58. The topological polar surface area (TPSA) is 58.6 Å². The summed E-state index contributed by atoms with van der Waals surface area (Å²) in [7, 11) is 1.50. The summed E-state index contributed by atoms with van der Waals surface area (Å²) in [6.07, 6.45) is 0. The maximum absolute atomic E-state index is 12.1. The number of phenolic OH excluding ortho intramolecular Hbond substituents is 1. The van der Waals surface area contributed by atoms with Crippen LogP contribution in [0.2, 0.25) is 0 Å². The summed E-state index contributed by atoms with van der Waals surface area (Å²) in [5.74, 6) is 0.0833. The molecule has 4 nitrogen and oxygen atoms in total. The van der Waals surface area contributed by atoms with Gasteiger partial charge in [0.25, 0.3) is 5.91 Å². The highest BCUT2D eigenvalue weighted by Crippen LogP contribution is 2.24. The van der Waals surface area contributed by atoms with E-state index in [0.29, 0.717) is 12.3 Å². The van der Waals surface area contributed by atoms with Gasteiger partial charge in [0, 0.05) is 12.6 Å². The van der Waals surface area contributed by atoms with Crippen molar-refractivity contribution in [2.24, 2.45) is 0 Å². The third kappa shape index (κ3) is 3.98. The minimum Gasteiger partial charge on any atom is -0.507 e. The van der Waals surface area contributed by atoms with Gasteiger partial charge in [-0.2, -0.15) is 0 Å². The zero-order valence-corrected chi connectivity index (χ0v) is 13.1. The highest BCUT2D eigenvalue weighted by Gasteiger charge is 2.14. The number of nitrogens with one attached hydrogen (secondary N) is 1. The van der Waals surface area contributed by atoms with Gasteiger partial charge in [-0.15, -0.1) is 0 Å². The van der Waals surface area contributed by atoms with Crippen LogP contribution in [0.5, 0.6) is 11.5 Å². The molecule has 110 valence electrons. The molecule has 0 radical (unpaired) electrons. The zero-order chi connectivity index (χ0) is 15.2. The molecule has 0 aliphatic heterocycles. The van der Waals surface area contributed by atoms with Crippen LogP contribution in [-0.2, 0) is 0 Å². The van der Waals surface area contributed by atoms with Crippen LogP contribution in [0.15, 0.2) is 48.5 Å². The number of benzene rings is 2. The van der Waals surface area contributed by atoms with Crippen LogP contribution in [0, 0.1) is 0 Å². The minimum absolute atomic E-state index is 0.0167. The number of carbonyl (C=O) groups excluding carboxylic acids is 1. The first kappa shape index (κ1) is 15.4. The number of hydrogen-bond donors (Lipinski definition) is 2. The molecule has 1 atom stereocenters. The first-order valence-corrected chi connectivity index (χ1v) is 7.37. The molecule has 2 N–H and O–H groups in total. The fourth-order valence-electron chi connectivity index (χ4n) is 1.89. The third-order valence-corrected chi connectivity index (χ3v) is 3.91. The lowest BCUT2D eigenvalue weighted by molar-refractivity contribution is 0.0951. The monoisotopic (exact) mass is 349 g/mol. The van der Waals surface area contributed by atoms with Crippen LogP contribution in [0.25, 0.3) is 0 Å². The van der Waals surface area contributed by atoms with Gasteiger partial charge in [-0.3, -0.25) is 4.79 Å². The lowest BCUT2D eigenvalue weighted by Crippen LogP contribution is -2.26. The number of amides is 1. The molecular formula is C16H16BrNO3. The molecule has 2 aromatic rings. The van der Waals surface area contributed by atoms with Crippen LogP contribution in [0.1, 0.15) is 20.7 Å². The summed E-state index contributed by atoms with van der Waals surface area (Å²) in [6, 6.07) is 14.4. The van der Waals surface area contributed by atoms with E-state index in [1.54, 1.807) is 6.07 Å². The number of alkyl halides is 1. The maximum atomic E-state index is 12.1. The molecule has 0 aliphatic rings. The third-order valence-electron chi connectivity index (χ3n) is 3.05. The second kappa shape index (κ2) is 7.13. The lowest BCUT2D eigenvalue weighted by atomic mass is 10.1. The fourth-order valence-corrected chi connectivity index (χ4v) is 2.35. The van der Waals surface area contributed by atoms with E-state index >= 15 is 0 Å². The van der Waals surface area contributed by atoms with Crippen molar-refractivity contribution in [1.82, 2.24) is 5.32 Å². The van der Waals surface area contributed by atoms with Crippen LogP contribution < -0.4 is 10.1 Å². The Morgan fingerprint density at radius 2 is 2.00 bits per heavy atom. The zero-order valence-electron chi connectivity index (χ0n) is 11.5. The Kier molecular flexibility index (Phi) is 5.22. The second-order valence-electron chi connectivity index (χ2n) is 4.47. The average Bonchev–Trinajstić information content (AvgIpc) is 2.52. The van der Waals surface area contributed by atoms with E-state index in [1.807, 2.05) is 30.3 Å². The molecule has 0 saturated heterocycles. The number of carbonyl (C=O) groups is 1. The Balaban J connectivity index is 1.99. The van der Waals surface area contributed by atoms with Gasteiger partial charge in [0.2, 0.25) is 0 Å². The van der Waals surface area contributed by atoms with Crippen molar-refractivity contribution < 1.29 is 14.6 Å². The number of ether oxygens (including phenoxy) is 1. The number of methoxy groups -OCH3 is 1. The Morgan fingerprint density at radius 1 is 1.29 bits per heavy atom. The molecule has 0 fully saturated rings. The Bertz CT molecular complexity index is 616. The number of halogens is 1. The molecule has 0 aromatic heterocycles. The van der Waals surface area contributed by atoms with Gasteiger partial charge in [0.1, 0.15) is 11.5 Å². The van der Waals surface area contributed by atoms with Crippen LogP contribution >= 0.6 is 15.9 Å². The molecule has 2 rings (SSSR count). The van der Waals surface area contributed by atoms with Crippen molar-refractivity contribution >= 4 is 21.8 Å². The molecule has 0 aliphatic carbocycles. The molecule has 21 heavy (non-hydrogen) atoms. The van der Waals surface area contributed by atoms with Gasteiger partial charge in [0.15, 0.2) is 0 Å². The number of rotatable bonds is 5. The van der Waals surface area contributed by atoms with Crippen LogP contribution in [0.4, 0.5) is 0 Å². The van der Waals surface area contributed by atoms with E-state index in [1.165, 1.54) is 19.2 Å². The Hall–Kier alpha value is -2.01. The summed E-state index contributed by atoms with van der Waals surface area (Å²) in [4.78, 5) is 12.1. The van der Waals surface area contributed by atoms with Gasteiger partial charge in [-0.05, 0) is 17.7 Å². The highest BCUT2D eigenvalue weighted by molar-refractivity contribution is 9.09. The van der Waals surface area contributed by atoms with E-state index in [9.17, 15) is 9.90 Å². The van der Waals surface area contributed by atoms with Gasteiger partial charge < -0.3 is 15.2 Å². The van der Waals surface area contributed by atoms with E-state index in [0.717, 1.165) is 5.56 Å². The van der Waals surface area contributed by atoms with Crippen molar-refractivity contribution in [3.05, 3.63) is 59.7 Å². The predicted octanol–water partition coefficient (Wildman–Crippen LogP) is 3.27. The van der Waals surface area contributed by atoms with Crippen molar-refractivity contribution in [3.8, 4) is 11.5 Å². The number of aromatic hydroxyl groups is 1. The molecule has 0 saturated carbocycles. The first-order chi connectivity index (χ1) is 10.1. The van der Waals surface area contributed by atoms with E-state index < -0.39 is 0 Å². The Labute approximate surface area is 131 Å². The minimum atomic E-state index is -0.324. The molecule has 5 heteroatoms. The molecular weight excluding hydrogens is 334 g/mol. The fraction of sp³-hybridized carbons (Fsp3) is 0.188. The number of hydrogen-bond acceptors (Lipinski definition) is 3. The molecule has 1 amide bonds. The van der Waals surface area contributed by atoms with Gasteiger partial charge >= 0.3 is 0 Å². The molecule has 0 heterocycles. The quantitative estimate of drug-likeness (QED) is 0.814. The maximum Gasteiger partial charge on any atom is 0.255 e. The van der Waals surface area contributed by atoms with Crippen molar-refractivity contribution in [2.45, 2.75) is 4.83 Å². The van der Waals surface area contributed by atoms with Gasteiger partial charge in [-0.25, -0.2) is 0 Å². The predicted molar refractivity (Wildman–Crippen MR) is 85.1 cm³/mol. The summed E-state index contributed by atoms with van der Waals surface area (Å²) in [6.45, 7) is 0.425. The van der Waals surface area contributed by atoms with Gasteiger partial charge in [0.05, 0.1) is 17.5 Å². The van der Waals surface area contributed by atoms with E-state index in [-0.39, 0.29) is 22.0 Å². The van der Waals surface area contributed by atoms with Crippen molar-refractivity contribution in [1.29, 1.82) is 0 Å². The van der Waals surface area contributed by atoms with Crippen LogP contribution in [-0.4, -0.2) is 24.7 Å². The normalized spacial score (nSPS) is 11.7. The standard InChI is InChI=1S/C16H16BrNO3/c1-21-12-7-8-13(15(19)9-12)16(20)18-10-14(17)11-5-3-2-4-6-11/h2-9,14,19H,10H2,1H3,(H,18,20). The van der Waals surface area contributed by atoms with Crippen LogP contribution in [0.3, 0.4) is 0 Å². The highest BCUT2D eigenvalue weighted by atomic mass is 79.9. The summed E-state index contributed by atoms with van der Waals surface area (Å²) in [5.41, 5.74) is 1.31.